The van der Waals surface area contributed by atoms with Gasteiger partial charge in [0.2, 0.25) is 5.91 Å². The summed E-state index contributed by atoms with van der Waals surface area (Å²) in [6.07, 6.45) is 2.00. The lowest BCUT2D eigenvalue weighted by molar-refractivity contribution is -0.122. The molecule has 0 saturated heterocycles. The molecule has 4 nitrogen and oxygen atoms in total. The molecule has 0 aliphatic heterocycles. The highest BCUT2D eigenvalue weighted by Gasteiger charge is 2.14. The second-order valence-electron chi connectivity index (χ2n) is 6.59. The Balaban J connectivity index is 2.03. The van der Waals surface area contributed by atoms with Crippen LogP contribution >= 0.6 is 0 Å². The van der Waals surface area contributed by atoms with Gasteiger partial charge in [0.05, 0.1) is 11.7 Å². The van der Waals surface area contributed by atoms with Gasteiger partial charge in [-0.3, -0.25) is 9.48 Å². The minimum absolute atomic E-state index is 0.000877. The van der Waals surface area contributed by atoms with E-state index in [2.05, 4.69) is 55.5 Å². The predicted octanol–water partition coefficient (Wildman–Crippen LogP) is 4.28. The van der Waals surface area contributed by atoms with Crippen molar-refractivity contribution in [3.05, 3.63) is 52.8 Å². The van der Waals surface area contributed by atoms with E-state index in [1.54, 1.807) is 4.68 Å². The number of rotatable bonds is 7. The molecule has 0 bridgehead atoms. The van der Waals surface area contributed by atoms with Crippen LogP contribution < -0.4 is 5.32 Å². The van der Waals surface area contributed by atoms with Crippen molar-refractivity contribution < 1.29 is 4.79 Å². The molecule has 1 aromatic carbocycles. The standard InChI is InChI=1S/C20H29N3O/c1-6-14(3)17-8-10-18(11-9-17)19(7-2)21-20(24)13-23-16(5)12-15(4)22-23/h8-12,14,19H,6-7,13H2,1-5H3,(H,21,24). The van der Waals surface area contributed by atoms with Crippen LogP contribution in [0, 0.1) is 13.8 Å². The highest BCUT2D eigenvalue weighted by atomic mass is 16.2. The zero-order valence-corrected chi connectivity index (χ0v) is 15.5. The van der Waals surface area contributed by atoms with Crippen molar-refractivity contribution >= 4 is 5.91 Å². The third-order valence-electron chi connectivity index (χ3n) is 4.66. The molecule has 2 aromatic rings. The van der Waals surface area contributed by atoms with E-state index in [0.29, 0.717) is 5.92 Å². The number of nitrogens with zero attached hydrogens (tertiary/aromatic N) is 2. The summed E-state index contributed by atoms with van der Waals surface area (Å²) < 4.78 is 1.75. The van der Waals surface area contributed by atoms with Gasteiger partial charge in [-0.05, 0) is 49.8 Å². The van der Waals surface area contributed by atoms with Crippen molar-refractivity contribution in [3.63, 3.8) is 0 Å². The number of aromatic nitrogens is 2. The van der Waals surface area contributed by atoms with Crippen LogP contribution in [-0.2, 0) is 11.3 Å². The molecule has 0 spiro atoms. The molecule has 1 aromatic heterocycles. The molecule has 0 aliphatic rings. The number of carbonyl (C=O) groups is 1. The van der Waals surface area contributed by atoms with E-state index in [-0.39, 0.29) is 18.5 Å². The van der Waals surface area contributed by atoms with Crippen molar-refractivity contribution in [1.29, 1.82) is 0 Å². The lowest BCUT2D eigenvalue weighted by atomic mass is 9.95. The maximum atomic E-state index is 12.4. The van der Waals surface area contributed by atoms with E-state index in [9.17, 15) is 4.79 Å². The third kappa shape index (κ3) is 4.47. The largest absolute Gasteiger partial charge is 0.348 e. The zero-order valence-electron chi connectivity index (χ0n) is 15.5. The van der Waals surface area contributed by atoms with Gasteiger partial charge in [-0.15, -0.1) is 0 Å². The molecule has 0 radical (unpaired) electrons. The topological polar surface area (TPSA) is 46.9 Å². The van der Waals surface area contributed by atoms with Gasteiger partial charge in [0, 0.05) is 5.69 Å². The fourth-order valence-corrected chi connectivity index (χ4v) is 2.92. The first-order chi connectivity index (χ1) is 11.4. The Hall–Kier alpha value is -2.10. The highest BCUT2D eigenvalue weighted by molar-refractivity contribution is 5.76. The number of amides is 1. The summed E-state index contributed by atoms with van der Waals surface area (Å²) in [5.74, 6) is 0.568. The highest BCUT2D eigenvalue weighted by Crippen LogP contribution is 2.22. The summed E-state index contributed by atoms with van der Waals surface area (Å²) in [6, 6.07) is 10.7. The van der Waals surface area contributed by atoms with Crippen molar-refractivity contribution in [1.82, 2.24) is 15.1 Å². The number of aryl methyl sites for hydroxylation is 2. The van der Waals surface area contributed by atoms with E-state index < -0.39 is 0 Å². The van der Waals surface area contributed by atoms with Crippen LogP contribution in [0.4, 0.5) is 0 Å². The first-order valence-corrected chi connectivity index (χ1v) is 8.84. The Morgan fingerprint density at radius 3 is 2.25 bits per heavy atom. The second-order valence-corrected chi connectivity index (χ2v) is 6.59. The maximum absolute atomic E-state index is 12.4. The lowest BCUT2D eigenvalue weighted by Crippen LogP contribution is -2.31. The van der Waals surface area contributed by atoms with E-state index >= 15 is 0 Å². The molecule has 0 saturated carbocycles. The number of benzene rings is 1. The fourth-order valence-electron chi connectivity index (χ4n) is 2.92. The first-order valence-electron chi connectivity index (χ1n) is 8.84. The number of nitrogens with one attached hydrogen (secondary N) is 1. The molecule has 130 valence electrons. The summed E-state index contributed by atoms with van der Waals surface area (Å²) in [4.78, 5) is 12.4. The summed E-state index contributed by atoms with van der Waals surface area (Å²) in [5.41, 5.74) is 4.46. The van der Waals surface area contributed by atoms with Gasteiger partial charge < -0.3 is 5.32 Å². The Morgan fingerprint density at radius 1 is 1.12 bits per heavy atom. The lowest BCUT2D eigenvalue weighted by Gasteiger charge is -2.19. The number of carbonyl (C=O) groups excluding carboxylic acids is 1. The van der Waals surface area contributed by atoms with E-state index in [4.69, 9.17) is 0 Å². The van der Waals surface area contributed by atoms with Crippen molar-refractivity contribution in [2.24, 2.45) is 0 Å². The fraction of sp³-hybridized carbons (Fsp3) is 0.500. The third-order valence-corrected chi connectivity index (χ3v) is 4.66. The number of hydrogen-bond donors (Lipinski definition) is 1. The van der Waals surface area contributed by atoms with Gasteiger partial charge in [-0.2, -0.15) is 5.10 Å². The van der Waals surface area contributed by atoms with Crippen LogP contribution in [0.15, 0.2) is 30.3 Å². The Bertz CT molecular complexity index is 673. The maximum Gasteiger partial charge on any atom is 0.242 e. The average Bonchev–Trinajstić information content (AvgIpc) is 2.89. The predicted molar refractivity (Wildman–Crippen MR) is 98.0 cm³/mol. The SMILES string of the molecule is CCC(C)c1ccc(C(CC)NC(=O)Cn2nc(C)cc2C)cc1. The van der Waals surface area contributed by atoms with E-state index in [1.807, 2.05) is 19.9 Å². The van der Waals surface area contributed by atoms with Crippen molar-refractivity contribution in [2.45, 2.75) is 66.0 Å². The van der Waals surface area contributed by atoms with Crippen LogP contribution in [0.1, 0.15) is 68.1 Å². The molecule has 24 heavy (non-hydrogen) atoms. The van der Waals surface area contributed by atoms with Gasteiger partial charge in [-0.1, -0.05) is 45.0 Å². The number of hydrogen-bond acceptors (Lipinski definition) is 2. The van der Waals surface area contributed by atoms with Crippen LogP contribution in [0.25, 0.3) is 0 Å². The smallest absolute Gasteiger partial charge is 0.242 e. The minimum atomic E-state index is -0.000877. The molecule has 4 heteroatoms. The molecular formula is C20H29N3O. The zero-order chi connectivity index (χ0) is 17.7. The Labute approximate surface area is 145 Å². The summed E-state index contributed by atoms with van der Waals surface area (Å²) in [7, 11) is 0. The molecule has 2 unspecified atom stereocenters. The van der Waals surface area contributed by atoms with Crippen LogP contribution in [0.3, 0.4) is 0 Å². The molecular weight excluding hydrogens is 298 g/mol. The summed E-state index contributed by atoms with van der Waals surface area (Å²) in [6.45, 7) is 10.7. The summed E-state index contributed by atoms with van der Waals surface area (Å²) >= 11 is 0. The first kappa shape index (κ1) is 18.2. The van der Waals surface area contributed by atoms with E-state index in [1.165, 1.54) is 5.56 Å². The Morgan fingerprint density at radius 2 is 1.75 bits per heavy atom. The normalized spacial score (nSPS) is 13.5. The quantitative estimate of drug-likeness (QED) is 0.825. The minimum Gasteiger partial charge on any atom is -0.348 e. The van der Waals surface area contributed by atoms with Crippen LogP contribution in [0.2, 0.25) is 0 Å². The molecule has 2 rings (SSSR count). The van der Waals surface area contributed by atoms with Gasteiger partial charge in [-0.25, -0.2) is 0 Å². The molecule has 1 amide bonds. The second kappa shape index (κ2) is 8.13. The van der Waals surface area contributed by atoms with Gasteiger partial charge in [0.1, 0.15) is 6.54 Å². The molecule has 2 atom stereocenters. The van der Waals surface area contributed by atoms with Crippen molar-refractivity contribution in [3.8, 4) is 0 Å². The van der Waals surface area contributed by atoms with Gasteiger partial charge in [0.25, 0.3) is 0 Å². The summed E-state index contributed by atoms with van der Waals surface area (Å²) in [5, 5.41) is 7.48. The average molecular weight is 327 g/mol. The molecule has 1 N–H and O–H groups in total. The van der Waals surface area contributed by atoms with Crippen molar-refractivity contribution in [2.75, 3.05) is 0 Å². The van der Waals surface area contributed by atoms with Crippen LogP contribution in [0.5, 0.6) is 0 Å². The van der Waals surface area contributed by atoms with Crippen LogP contribution in [-0.4, -0.2) is 15.7 Å². The van der Waals surface area contributed by atoms with E-state index in [0.717, 1.165) is 29.8 Å². The van der Waals surface area contributed by atoms with Gasteiger partial charge in [0.15, 0.2) is 0 Å². The molecule has 1 heterocycles. The van der Waals surface area contributed by atoms with Gasteiger partial charge >= 0.3 is 0 Å². The molecule has 0 fully saturated rings. The Kier molecular flexibility index (Phi) is 6.18. The molecule has 0 aliphatic carbocycles. The monoisotopic (exact) mass is 327 g/mol.